The van der Waals surface area contributed by atoms with Crippen LogP contribution >= 0.6 is 34.5 Å². The van der Waals surface area contributed by atoms with Gasteiger partial charge in [-0.25, -0.2) is 4.39 Å². The Morgan fingerprint density at radius 3 is 2.59 bits per heavy atom. The summed E-state index contributed by atoms with van der Waals surface area (Å²) in [6.45, 7) is -1.03. The molecule has 0 radical (unpaired) electrons. The summed E-state index contributed by atoms with van der Waals surface area (Å²) in [4.78, 5) is 36.1. The summed E-state index contributed by atoms with van der Waals surface area (Å²) in [5.74, 6) is -2.54. The lowest BCUT2D eigenvalue weighted by molar-refractivity contribution is -0.146. The average molecular weight is 455 g/mol. The van der Waals surface area contributed by atoms with Crippen LogP contribution in [0.2, 0.25) is 10.0 Å². The molecule has 0 unspecified atom stereocenters. The summed E-state index contributed by atoms with van der Waals surface area (Å²) in [5.41, 5.74) is 0.182. The van der Waals surface area contributed by atoms with E-state index in [0.717, 1.165) is 22.2 Å². The summed E-state index contributed by atoms with van der Waals surface area (Å²) in [6.07, 6.45) is 0. The summed E-state index contributed by atoms with van der Waals surface area (Å²) < 4.78 is 18.6. The average Bonchev–Trinajstić information content (AvgIpc) is 3.04. The molecular weight excluding hydrogens is 442 g/mol. The third kappa shape index (κ3) is 5.23. The van der Waals surface area contributed by atoms with Crippen LogP contribution in [0.15, 0.2) is 42.5 Å². The predicted octanol–water partition coefficient (Wildman–Crippen LogP) is 4.26. The molecule has 6 nitrogen and oxygen atoms in total. The second kappa shape index (κ2) is 9.21. The lowest BCUT2D eigenvalue weighted by Crippen LogP contribution is -2.32. The van der Waals surface area contributed by atoms with Gasteiger partial charge < -0.3 is 15.4 Å². The molecule has 2 aromatic carbocycles. The molecule has 3 aromatic rings. The molecule has 2 N–H and O–H groups in total. The molecule has 0 saturated heterocycles. The van der Waals surface area contributed by atoms with Crippen LogP contribution in [-0.4, -0.2) is 30.9 Å². The number of amides is 2. The van der Waals surface area contributed by atoms with Crippen molar-refractivity contribution < 1.29 is 23.5 Å². The number of hydrogen-bond donors (Lipinski definition) is 2. The second-order valence-electron chi connectivity index (χ2n) is 5.76. The number of ether oxygens (including phenoxy) is 1. The number of carbonyl (C=O) groups excluding carboxylic acids is 3. The first-order chi connectivity index (χ1) is 13.8. The molecule has 1 aromatic heterocycles. The van der Waals surface area contributed by atoms with E-state index in [4.69, 9.17) is 27.9 Å². The van der Waals surface area contributed by atoms with Gasteiger partial charge in [-0.15, -0.1) is 11.3 Å². The van der Waals surface area contributed by atoms with E-state index >= 15 is 0 Å². The maximum atomic E-state index is 13.0. The Labute approximate surface area is 178 Å². The van der Waals surface area contributed by atoms with Gasteiger partial charge in [-0.1, -0.05) is 41.4 Å². The topological polar surface area (TPSA) is 84.5 Å². The molecule has 0 bridgehead atoms. The van der Waals surface area contributed by atoms with Gasteiger partial charge in [0.15, 0.2) is 6.61 Å². The number of rotatable bonds is 6. The van der Waals surface area contributed by atoms with Crippen molar-refractivity contribution in [1.82, 2.24) is 5.32 Å². The predicted molar refractivity (Wildman–Crippen MR) is 110 cm³/mol. The van der Waals surface area contributed by atoms with Gasteiger partial charge in [0.25, 0.3) is 11.8 Å². The smallest absolute Gasteiger partial charge is 0.325 e. The molecule has 0 saturated carbocycles. The standard InChI is InChI=1S/C19H13Cl2FN2O4S/c20-12-7-10(22)5-6-13(12)24-15(25)9-28-16(26)8-23-19(27)18-17(21)11-3-1-2-4-14(11)29-18/h1-7H,8-9H2,(H,23,27)(H,24,25). The number of carbonyl (C=O) groups is 3. The Kier molecular flexibility index (Phi) is 6.68. The van der Waals surface area contributed by atoms with Crippen LogP contribution in [0, 0.1) is 5.82 Å². The van der Waals surface area contributed by atoms with Crippen molar-refractivity contribution >= 4 is 68.1 Å². The van der Waals surface area contributed by atoms with Crippen molar-refractivity contribution in [3.05, 3.63) is 63.2 Å². The lowest BCUT2D eigenvalue weighted by Gasteiger charge is -2.08. The van der Waals surface area contributed by atoms with Gasteiger partial charge in [0, 0.05) is 10.1 Å². The molecule has 150 valence electrons. The molecule has 2 amide bonds. The first-order valence-corrected chi connectivity index (χ1v) is 9.78. The number of fused-ring (bicyclic) bond motifs is 1. The van der Waals surface area contributed by atoms with Crippen LogP contribution < -0.4 is 10.6 Å². The number of thiophene rings is 1. The van der Waals surface area contributed by atoms with Crippen molar-refractivity contribution in [2.45, 2.75) is 0 Å². The van der Waals surface area contributed by atoms with Gasteiger partial charge in [0.05, 0.1) is 15.7 Å². The number of halogens is 3. The molecule has 29 heavy (non-hydrogen) atoms. The van der Waals surface area contributed by atoms with Crippen LogP contribution in [0.4, 0.5) is 10.1 Å². The van der Waals surface area contributed by atoms with Crippen LogP contribution in [0.3, 0.4) is 0 Å². The van der Waals surface area contributed by atoms with Gasteiger partial charge in [-0.05, 0) is 24.3 Å². The molecule has 0 fully saturated rings. The summed E-state index contributed by atoms with van der Waals surface area (Å²) in [5, 5.41) is 5.87. The zero-order valence-corrected chi connectivity index (χ0v) is 17.0. The van der Waals surface area contributed by atoms with Crippen LogP contribution in [0.1, 0.15) is 9.67 Å². The Morgan fingerprint density at radius 2 is 1.86 bits per heavy atom. The van der Waals surface area contributed by atoms with Gasteiger partial charge in [0.1, 0.15) is 17.2 Å². The Morgan fingerprint density at radius 1 is 1.10 bits per heavy atom. The van der Waals surface area contributed by atoms with Crippen molar-refractivity contribution in [2.75, 3.05) is 18.5 Å². The highest BCUT2D eigenvalue weighted by atomic mass is 35.5. The minimum Gasteiger partial charge on any atom is -0.454 e. The fourth-order valence-corrected chi connectivity index (χ4v) is 4.01. The highest BCUT2D eigenvalue weighted by Crippen LogP contribution is 2.34. The van der Waals surface area contributed by atoms with Crippen LogP contribution in [-0.2, 0) is 14.3 Å². The number of nitrogens with one attached hydrogen (secondary N) is 2. The SMILES string of the molecule is O=C(COC(=O)CNC(=O)c1sc2ccccc2c1Cl)Nc1ccc(F)cc1Cl. The van der Waals surface area contributed by atoms with E-state index < -0.39 is 36.8 Å². The van der Waals surface area contributed by atoms with E-state index in [9.17, 15) is 18.8 Å². The van der Waals surface area contributed by atoms with E-state index in [0.29, 0.717) is 5.02 Å². The van der Waals surface area contributed by atoms with Crippen molar-refractivity contribution in [2.24, 2.45) is 0 Å². The van der Waals surface area contributed by atoms with Crippen LogP contribution in [0.5, 0.6) is 0 Å². The number of hydrogen-bond acceptors (Lipinski definition) is 5. The van der Waals surface area contributed by atoms with Crippen LogP contribution in [0.25, 0.3) is 10.1 Å². The van der Waals surface area contributed by atoms with E-state index in [1.54, 1.807) is 6.07 Å². The summed E-state index contributed by atoms with van der Waals surface area (Å²) >= 11 is 13.2. The summed E-state index contributed by atoms with van der Waals surface area (Å²) in [7, 11) is 0. The molecule has 0 aliphatic carbocycles. The molecule has 1 heterocycles. The number of anilines is 1. The maximum Gasteiger partial charge on any atom is 0.325 e. The first-order valence-electron chi connectivity index (χ1n) is 8.21. The highest BCUT2D eigenvalue weighted by molar-refractivity contribution is 7.21. The Balaban J connectivity index is 1.48. The van der Waals surface area contributed by atoms with E-state index in [1.807, 2.05) is 18.2 Å². The van der Waals surface area contributed by atoms with Gasteiger partial charge in [-0.2, -0.15) is 0 Å². The van der Waals surface area contributed by atoms with Gasteiger partial charge in [-0.3, -0.25) is 14.4 Å². The molecule has 3 rings (SSSR count). The van der Waals surface area contributed by atoms with E-state index in [-0.39, 0.29) is 15.6 Å². The third-order valence-corrected chi connectivity index (χ3v) is 5.69. The fraction of sp³-hybridized carbons (Fsp3) is 0.105. The number of esters is 1. The Bertz CT molecular complexity index is 1100. The van der Waals surface area contributed by atoms with E-state index in [1.165, 1.54) is 17.4 Å². The largest absolute Gasteiger partial charge is 0.454 e. The van der Waals surface area contributed by atoms with Crippen molar-refractivity contribution in [1.29, 1.82) is 0 Å². The van der Waals surface area contributed by atoms with Crippen molar-refractivity contribution in [3.63, 3.8) is 0 Å². The highest BCUT2D eigenvalue weighted by Gasteiger charge is 2.18. The lowest BCUT2D eigenvalue weighted by atomic mass is 10.2. The fourth-order valence-electron chi connectivity index (χ4n) is 2.37. The van der Waals surface area contributed by atoms with Gasteiger partial charge in [0.2, 0.25) is 0 Å². The molecule has 0 spiro atoms. The molecule has 0 atom stereocenters. The third-order valence-electron chi connectivity index (χ3n) is 3.70. The molecule has 10 heteroatoms. The Hall–Kier alpha value is -2.68. The summed E-state index contributed by atoms with van der Waals surface area (Å²) in [6, 6.07) is 10.7. The van der Waals surface area contributed by atoms with E-state index in [2.05, 4.69) is 10.6 Å². The normalized spacial score (nSPS) is 10.6. The minimum absolute atomic E-state index is 0.0113. The first kappa shape index (κ1) is 21.0. The second-order valence-corrected chi connectivity index (χ2v) is 7.59. The quantitative estimate of drug-likeness (QED) is 0.545. The van der Waals surface area contributed by atoms with Gasteiger partial charge >= 0.3 is 5.97 Å². The maximum absolute atomic E-state index is 13.0. The van der Waals surface area contributed by atoms with Crippen molar-refractivity contribution in [3.8, 4) is 0 Å². The zero-order chi connectivity index (χ0) is 21.0. The molecular formula is C19H13Cl2FN2O4S. The zero-order valence-electron chi connectivity index (χ0n) is 14.6. The molecule has 0 aliphatic heterocycles. The molecule has 0 aliphatic rings. The monoisotopic (exact) mass is 454 g/mol. The number of benzene rings is 2. The minimum atomic E-state index is -0.809.